The summed E-state index contributed by atoms with van der Waals surface area (Å²) in [5.74, 6) is 0. The predicted molar refractivity (Wildman–Crippen MR) is 56.5 cm³/mol. The standard InChI is InChI=1S/C13H15/c1-10(2)12-8-7-11-5-3-4-6-13(11)9-12/h3-7H,8-9H2,1-2H3. The molecule has 1 aliphatic carbocycles. The Labute approximate surface area is 80.3 Å². The molecule has 0 N–H and O–H groups in total. The van der Waals surface area contributed by atoms with E-state index in [1.165, 1.54) is 16.7 Å². The van der Waals surface area contributed by atoms with Gasteiger partial charge < -0.3 is 0 Å². The van der Waals surface area contributed by atoms with Gasteiger partial charge in [-0.05, 0) is 44.2 Å². The molecule has 0 fully saturated rings. The van der Waals surface area contributed by atoms with Crippen molar-refractivity contribution in [1.29, 1.82) is 0 Å². The molecule has 0 heteroatoms. The fourth-order valence-electron chi connectivity index (χ4n) is 1.81. The Kier molecular flexibility index (Phi) is 2.22. The zero-order valence-corrected chi connectivity index (χ0v) is 8.30. The van der Waals surface area contributed by atoms with Crippen LogP contribution in [0.3, 0.4) is 0 Å². The molecule has 1 aromatic carbocycles. The average molecular weight is 171 g/mol. The normalized spacial score (nSPS) is 15.4. The molecule has 0 unspecified atom stereocenters. The molecule has 0 saturated carbocycles. The molecule has 67 valence electrons. The summed E-state index contributed by atoms with van der Waals surface area (Å²) in [5.41, 5.74) is 5.96. The van der Waals surface area contributed by atoms with Crippen molar-refractivity contribution in [2.45, 2.75) is 26.7 Å². The summed E-state index contributed by atoms with van der Waals surface area (Å²) in [6.45, 7) is 4.41. The van der Waals surface area contributed by atoms with Gasteiger partial charge in [-0.25, -0.2) is 0 Å². The van der Waals surface area contributed by atoms with Crippen molar-refractivity contribution in [2.24, 2.45) is 0 Å². The first-order chi connectivity index (χ1) is 6.27. The zero-order chi connectivity index (χ0) is 9.26. The highest BCUT2D eigenvalue weighted by molar-refractivity contribution is 5.41. The van der Waals surface area contributed by atoms with E-state index in [4.69, 9.17) is 0 Å². The molecule has 0 saturated heterocycles. The summed E-state index contributed by atoms with van der Waals surface area (Å²) >= 11 is 0. The Hall–Kier alpha value is -1.04. The van der Waals surface area contributed by atoms with Crippen molar-refractivity contribution in [3.63, 3.8) is 0 Å². The van der Waals surface area contributed by atoms with Gasteiger partial charge in [-0.2, -0.15) is 0 Å². The van der Waals surface area contributed by atoms with E-state index in [0.29, 0.717) is 0 Å². The summed E-state index contributed by atoms with van der Waals surface area (Å²) in [5, 5.41) is 0. The monoisotopic (exact) mass is 171 g/mol. The van der Waals surface area contributed by atoms with Crippen molar-refractivity contribution in [3.05, 3.63) is 53.0 Å². The number of fused-ring (bicyclic) bond motifs is 1. The molecule has 2 rings (SSSR count). The Morgan fingerprint density at radius 3 is 2.69 bits per heavy atom. The Morgan fingerprint density at radius 1 is 1.15 bits per heavy atom. The Bertz CT molecular complexity index is 341. The Morgan fingerprint density at radius 2 is 1.92 bits per heavy atom. The molecule has 0 heterocycles. The first-order valence-electron chi connectivity index (χ1n) is 4.83. The molecular weight excluding hydrogens is 156 g/mol. The summed E-state index contributed by atoms with van der Waals surface area (Å²) in [6.07, 6.45) is 4.62. The van der Waals surface area contributed by atoms with Crippen LogP contribution in [0.15, 0.2) is 35.4 Å². The molecule has 1 aliphatic rings. The van der Waals surface area contributed by atoms with Crippen LogP contribution in [-0.2, 0) is 6.42 Å². The molecule has 0 aromatic heterocycles. The molecule has 0 spiro atoms. The maximum Gasteiger partial charge on any atom is -0.00496 e. The van der Waals surface area contributed by atoms with Crippen LogP contribution >= 0.6 is 0 Å². The first-order valence-corrected chi connectivity index (χ1v) is 4.83. The van der Waals surface area contributed by atoms with Crippen molar-refractivity contribution < 1.29 is 0 Å². The Balaban J connectivity index is 2.35. The minimum Gasteiger partial charge on any atom is -0.0769 e. The third-order valence-electron chi connectivity index (χ3n) is 2.73. The minimum atomic E-state index is 1.14. The summed E-state index contributed by atoms with van der Waals surface area (Å²) in [4.78, 5) is 0. The fraction of sp³-hybridized carbons (Fsp3) is 0.308. The lowest BCUT2D eigenvalue weighted by molar-refractivity contribution is 0.935. The van der Waals surface area contributed by atoms with Crippen LogP contribution < -0.4 is 0 Å². The number of allylic oxidation sites excluding steroid dienone is 2. The summed E-state index contributed by atoms with van der Waals surface area (Å²) in [7, 11) is 0. The van der Waals surface area contributed by atoms with Gasteiger partial charge in [-0.1, -0.05) is 35.4 Å². The van der Waals surface area contributed by atoms with Crippen molar-refractivity contribution >= 4 is 0 Å². The number of rotatable bonds is 0. The number of hydrogen-bond acceptors (Lipinski definition) is 0. The topological polar surface area (TPSA) is 0 Å². The quantitative estimate of drug-likeness (QED) is 0.524. The SMILES string of the molecule is CC(C)=C1C[CH]c2ccccc2C1. The lowest BCUT2D eigenvalue weighted by Crippen LogP contribution is -2.04. The van der Waals surface area contributed by atoms with Crippen LogP contribution in [0.4, 0.5) is 0 Å². The van der Waals surface area contributed by atoms with Gasteiger partial charge in [0.25, 0.3) is 0 Å². The maximum absolute atomic E-state index is 2.33. The van der Waals surface area contributed by atoms with Gasteiger partial charge in [0, 0.05) is 0 Å². The summed E-state index contributed by atoms with van der Waals surface area (Å²) in [6, 6.07) is 8.68. The molecule has 0 amide bonds. The van der Waals surface area contributed by atoms with E-state index >= 15 is 0 Å². The van der Waals surface area contributed by atoms with Gasteiger partial charge in [0.05, 0.1) is 0 Å². The highest BCUT2D eigenvalue weighted by Gasteiger charge is 2.12. The van der Waals surface area contributed by atoms with Crippen molar-refractivity contribution in [2.75, 3.05) is 0 Å². The molecule has 1 aromatic rings. The van der Waals surface area contributed by atoms with E-state index in [1.54, 1.807) is 5.57 Å². The largest absolute Gasteiger partial charge is 0.0769 e. The van der Waals surface area contributed by atoms with E-state index in [2.05, 4.69) is 44.5 Å². The van der Waals surface area contributed by atoms with Gasteiger partial charge >= 0.3 is 0 Å². The van der Waals surface area contributed by atoms with Gasteiger partial charge in [-0.3, -0.25) is 0 Å². The predicted octanol–water partition coefficient (Wildman–Crippen LogP) is 3.52. The molecule has 0 bridgehead atoms. The highest BCUT2D eigenvalue weighted by Crippen LogP contribution is 2.27. The molecule has 0 nitrogen and oxygen atoms in total. The van der Waals surface area contributed by atoms with Gasteiger partial charge in [0.1, 0.15) is 0 Å². The van der Waals surface area contributed by atoms with E-state index in [1.807, 2.05) is 0 Å². The third-order valence-corrected chi connectivity index (χ3v) is 2.73. The minimum absolute atomic E-state index is 1.14. The smallest absolute Gasteiger partial charge is 0.00496 e. The molecular formula is C13H15. The lowest BCUT2D eigenvalue weighted by Gasteiger charge is -2.19. The van der Waals surface area contributed by atoms with Crippen LogP contribution in [0.2, 0.25) is 0 Å². The second kappa shape index (κ2) is 3.37. The highest BCUT2D eigenvalue weighted by atomic mass is 14.2. The van der Waals surface area contributed by atoms with E-state index < -0.39 is 0 Å². The maximum atomic E-state index is 2.33. The molecule has 0 atom stereocenters. The fourth-order valence-corrected chi connectivity index (χ4v) is 1.81. The van der Waals surface area contributed by atoms with E-state index in [-0.39, 0.29) is 0 Å². The number of hydrogen-bond donors (Lipinski definition) is 0. The van der Waals surface area contributed by atoms with Gasteiger partial charge in [0.15, 0.2) is 0 Å². The van der Waals surface area contributed by atoms with E-state index in [9.17, 15) is 0 Å². The van der Waals surface area contributed by atoms with Crippen LogP contribution in [-0.4, -0.2) is 0 Å². The molecule has 13 heavy (non-hydrogen) atoms. The number of benzene rings is 1. The van der Waals surface area contributed by atoms with Crippen molar-refractivity contribution in [1.82, 2.24) is 0 Å². The van der Waals surface area contributed by atoms with E-state index in [0.717, 1.165) is 12.8 Å². The van der Waals surface area contributed by atoms with Crippen molar-refractivity contribution in [3.8, 4) is 0 Å². The lowest BCUT2D eigenvalue weighted by atomic mass is 9.86. The zero-order valence-electron chi connectivity index (χ0n) is 8.30. The average Bonchev–Trinajstić information content (AvgIpc) is 2.17. The van der Waals surface area contributed by atoms with Crippen LogP contribution in [0.1, 0.15) is 31.4 Å². The second-order valence-electron chi connectivity index (χ2n) is 3.89. The summed E-state index contributed by atoms with van der Waals surface area (Å²) < 4.78 is 0. The van der Waals surface area contributed by atoms with Gasteiger partial charge in [0.2, 0.25) is 0 Å². The van der Waals surface area contributed by atoms with Crippen LogP contribution in [0.5, 0.6) is 0 Å². The van der Waals surface area contributed by atoms with Crippen LogP contribution in [0.25, 0.3) is 0 Å². The molecule has 0 aliphatic heterocycles. The first kappa shape index (κ1) is 8.55. The third kappa shape index (κ3) is 1.67. The van der Waals surface area contributed by atoms with Crippen LogP contribution in [0, 0.1) is 6.42 Å². The molecule has 1 radical (unpaired) electrons. The van der Waals surface area contributed by atoms with Gasteiger partial charge in [-0.15, -0.1) is 0 Å². The second-order valence-corrected chi connectivity index (χ2v) is 3.89.